The Morgan fingerprint density at radius 1 is 1.65 bits per heavy atom. The van der Waals surface area contributed by atoms with E-state index in [0.717, 1.165) is 12.2 Å². The first-order chi connectivity index (χ1) is 8.10. The summed E-state index contributed by atoms with van der Waals surface area (Å²) >= 11 is 1.42. The lowest BCUT2D eigenvalue weighted by Gasteiger charge is -2.04. The van der Waals surface area contributed by atoms with Crippen LogP contribution in [0.2, 0.25) is 0 Å². The Bertz CT molecular complexity index is 448. The van der Waals surface area contributed by atoms with Crippen molar-refractivity contribution in [3.8, 4) is 0 Å². The predicted molar refractivity (Wildman–Crippen MR) is 66.6 cm³/mol. The van der Waals surface area contributed by atoms with Crippen LogP contribution >= 0.6 is 11.8 Å². The predicted octanol–water partition coefficient (Wildman–Crippen LogP) is 2.19. The molecule has 17 heavy (non-hydrogen) atoms. The molecule has 0 radical (unpaired) electrons. The number of nitro groups is 1. The van der Waals surface area contributed by atoms with E-state index in [9.17, 15) is 10.1 Å². The highest BCUT2D eigenvalue weighted by Crippen LogP contribution is 2.30. The van der Waals surface area contributed by atoms with Crippen LogP contribution in [0, 0.1) is 10.1 Å². The van der Waals surface area contributed by atoms with Crippen molar-refractivity contribution in [1.82, 2.24) is 0 Å². The van der Waals surface area contributed by atoms with Crippen LogP contribution in [0.25, 0.3) is 0 Å². The zero-order valence-corrected chi connectivity index (χ0v) is 10.1. The first-order valence-electron chi connectivity index (χ1n) is 4.99. The van der Waals surface area contributed by atoms with Gasteiger partial charge in [0.1, 0.15) is 0 Å². The van der Waals surface area contributed by atoms with Crippen LogP contribution < -0.4 is 5.73 Å². The number of hydrogen-bond acceptors (Lipinski definition) is 5. The number of rotatable bonds is 5. The molecule has 7 heteroatoms. The van der Waals surface area contributed by atoms with Crippen LogP contribution in [-0.2, 0) is 0 Å². The van der Waals surface area contributed by atoms with Crippen molar-refractivity contribution in [2.45, 2.75) is 18.2 Å². The summed E-state index contributed by atoms with van der Waals surface area (Å²) in [4.78, 5) is 11.0. The summed E-state index contributed by atoms with van der Waals surface area (Å²) in [6, 6.07) is 4.53. The molecular weight excluding hydrogens is 242 g/mol. The fourth-order valence-electron chi connectivity index (χ4n) is 1.21. The summed E-state index contributed by atoms with van der Waals surface area (Å²) in [5.41, 5.74) is 5.70. The van der Waals surface area contributed by atoms with Gasteiger partial charge in [0, 0.05) is 11.6 Å². The minimum Gasteiger partial charge on any atom is -0.409 e. The summed E-state index contributed by atoms with van der Waals surface area (Å²) in [6.45, 7) is 2.00. The Kier molecular flexibility index (Phi) is 4.77. The monoisotopic (exact) mass is 255 g/mol. The van der Waals surface area contributed by atoms with Crippen molar-refractivity contribution in [2.24, 2.45) is 10.9 Å². The third-order valence-corrected chi connectivity index (χ3v) is 3.29. The first-order valence-corrected chi connectivity index (χ1v) is 5.97. The van der Waals surface area contributed by atoms with Crippen LogP contribution in [0.1, 0.15) is 18.9 Å². The van der Waals surface area contributed by atoms with Gasteiger partial charge in [-0.2, -0.15) is 0 Å². The molecule has 0 aromatic heterocycles. The van der Waals surface area contributed by atoms with Gasteiger partial charge in [-0.25, -0.2) is 0 Å². The minimum absolute atomic E-state index is 0.0208. The molecule has 0 aliphatic rings. The molecule has 0 aliphatic carbocycles. The smallest absolute Gasteiger partial charge is 0.283 e. The van der Waals surface area contributed by atoms with Gasteiger partial charge in [-0.05, 0) is 24.3 Å². The molecule has 1 aromatic carbocycles. The summed E-state index contributed by atoms with van der Waals surface area (Å²) < 4.78 is 0. The Hall–Kier alpha value is -1.76. The highest BCUT2D eigenvalue weighted by Gasteiger charge is 2.16. The largest absolute Gasteiger partial charge is 0.409 e. The van der Waals surface area contributed by atoms with Gasteiger partial charge in [0.25, 0.3) is 5.69 Å². The number of thioether (sulfide) groups is 1. The topological polar surface area (TPSA) is 102 Å². The normalized spacial score (nSPS) is 11.5. The van der Waals surface area contributed by atoms with Crippen LogP contribution in [0.4, 0.5) is 5.69 Å². The van der Waals surface area contributed by atoms with E-state index in [2.05, 4.69) is 5.16 Å². The number of hydrogen-bond donors (Lipinski definition) is 2. The van der Waals surface area contributed by atoms with Crippen molar-refractivity contribution in [2.75, 3.05) is 5.75 Å². The molecule has 0 atom stereocenters. The fourth-order valence-corrected chi connectivity index (χ4v) is 2.08. The van der Waals surface area contributed by atoms with Gasteiger partial charge in [-0.3, -0.25) is 10.1 Å². The summed E-state index contributed by atoms with van der Waals surface area (Å²) in [7, 11) is 0. The van der Waals surface area contributed by atoms with E-state index >= 15 is 0 Å². The third kappa shape index (κ3) is 3.35. The van der Waals surface area contributed by atoms with Crippen molar-refractivity contribution in [1.29, 1.82) is 0 Å². The van der Waals surface area contributed by atoms with Crippen molar-refractivity contribution < 1.29 is 10.1 Å². The summed E-state index contributed by atoms with van der Waals surface area (Å²) in [5.74, 6) is 0.671. The molecule has 0 saturated carbocycles. The second-order valence-corrected chi connectivity index (χ2v) is 4.41. The van der Waals surface area contributed by atoms with E-state index in [1.807, 2.05) is 6.92 Å². The number of benzene rings is 1. The van der Waals surface area contributed by atoms with Crippen LogP contribution in [0.3, 0.4) is 0 Å². The van der Waals surface area contributed by atoms with E-state index in [4.69, 9.17) is 10.9 Å². The average molecular weight is 255 g/mol. The molecule has 0 saturated heterocycles. The van der Waals surface area contributed by atoms with E-state index in [1.54, 1.807) is 12.1 Å². The zero-order valence-electron chi connectivity index (χ0n) is 9.29. The van der Waals surface area contributed by atoms with Gasteiger partial charge in [-0.1, -0.05) is 12.1 Å². The number of oxime groups is 1. The van der Waals surface area contributed by atoms with Gasteiger partial charge in [0.15, 0.2) is 5.84 Å². The minimum atomic E-state index is -0.466. The van der Waals surface area contributed by atoms with Crippen molar-refractivity contribution in [3.05, 3.63) is 33.9 Å². The number of nitro benzene ring substituents is 1. The Balaban J connectivity index is 3.13. The van der Waals surface area contributed by atoms with Crippen LogP contribution in [0.5, 0.6) is 0 Å². The van der Waals surface area contributed by atoms with E-state index < -0.39 is 4.92 Å². The average Bonchev–Trinajstić information content (AvgIpc) is 2.35. The van der Waals surface area contributed by atoms with Crippen molar-refractivity contribution in [3.63, 3.8) is 0 Å². The number of nitrogens with zero attached hydrogens (tertiary/aromatic N) is 2. The molecule has 92 valence electrons. The maximum absolute atomic E-state index is 10.9. The van der Waals surface area contributed by atoms with E-state index in [1.165, 1.54) is 17.8 Å². The Morgan fingerprint density at radius 3 is 2.88 bits per heavy atom. The second kappa shape index (κ2) is 6.09. The molecule has 1 aromatic rings. The lowest BCUT2D eigenvalue weighted by molar-refractivity contribution is -0.387. The van der Waals surface area contributed by atoms with Gasteiger partial charge < -0.3 is 10.9 Å². The fraction of sp³-hybridized carbons (Fsp3) is 0.300. The molecule has 1 rings (SSSR count). The molecule has 0 spiro atoms. The number of amidine groups is 1. The molecule has 0 unspecified atom stereocenters. The highest BCUT2D eigenvalue weighted by atomic mass is 32.2. The second-order valence-electron chi connectivity index (χ2n) is 3.27. The van der Waals surface area contributed by atoms with Gasteiger partial charge >= 0.3 is 0 Å². The van der Waals surface area contributed by atoms with Crippen molar-refractivity contribution >= 4 is 23.3 Å². The third-order valence-electron chi connectivity index (χ3n) is 2.02. The molecule has 0 bridgehead atoms. The molecule has 0 amide bonds. The summed E-state index contributed by atoms with van der Waals surface area (Å²) in [6.07, 6.45) is 0.934. The zero-order chi connectivity index (χ0) is 12.8. The molecule has 0 heterocycles. The lowest BCUT2D eigenvalue weighted by atomic mass is 10.2. The quantitative estimate of drug-likeness (QED) is 0.210. The maximum Gasteiger partial charge on any atom is 0.283 e. The van der Waals surface area contributed by atoms with Crippen LogP contribution in [0.15, 0.2) is 28.3 Å². The van der Waals surface area contributed by atoms with E-state index in [-0.39, 0.29) is 11.5 Å². The van der Waals surface area contributed by atoms with Gasteiger partial charge in [0.05, 0.1) is 9.82 Å². The first kappa shape index (κ1) is 13.3. The van der Waals surface area contributed by atoms with Gasteiger partial charge in [0.2, 0.25) is 0 Å². The highest BCUT2D eigenvalue weighted by molar-refractivity contribution is 7.99. The standard InChI is InChI=1S/C10H13N3O3S/c1-2-5-17-9-4-3-7(10(11)12-14)6-8(9)13(15)16/h3-4,6,14H,2,5H2,1H3,(H2,11,12). The Morgan fingerprint density at radius 2 is 2.35 bits per heavy atom. The lowest BCUT2D eigenvalue weighted by Crippen LogP contribution is -2.13. The van der Waals surface area contributed by atoms with Crippen LogP contribution in [-0.4, -0.2) is 21.7 Å². The SMILES string of the molecule is CCCSc1ccc(C(N)=NO)cc1[N+](=O)[O-]. The molecule has 6 nitrogen and oxygen atoms in total. The van der Waals surface area contributed by atoms with E-state index in [0.29, 0.717) is 10.5 Å². The van der Waals surface area contributed by atoms with Gasteiger partial charge in [-0.15, -0.1) is 11.8 Å². The number of nitrogens with two attached hydrogens (primary N) is 1. The summed E-state index contributed by atoms with van der Waals surface area (Å²) in [5, 5.41) is 22.2. The molecular formula is C10H13N3O3S. The molecule has 0 aliphatic heterocycles. The molecule has 0 fully saturated rings. The Labute approximate surface area is 103 Å². The molecule has 3 N–H and O–H groups in total. The maximum atomic E-state index is 10.9.